The van der Waals surface area contributed by atoms with E-state index in [2.05, 4.69) is 16.8 Å². The fraction of sp³-hybridized carbons (Fsp3) is 0.250. The quantitative estimate of drug-likeness (QED) is 0.797. The molecule has 5 N–H and O–H groups in total. The molecule has 0 aliphatic heterocycles. The first-order valence-corrected chi connectivity index (χ1v) is 6.89. The number of hydrogen-bond donors (Lipinski definition) is 3. The second-order valence-corrected chi connectivity index (χ2v) is 4.75. The molecule has 124 valence electrons. The van der Waals surface area contributed by atoms with E-state index in [9.17, 15) is 9.18 Å². The summed E-state index contributed by atoms with van der Waals surface area (Å²) in [6, 6.07) is 7.65. The maximum absolute atomic E-state index is 13.7. The van der Waals surface area contributed by atoms with Crippen LogP contribution in [0.15, 0.2) is 30.3 Å². The molecule has 6 nitrogen and oxygen atoms in total. The third-order valence-electron chi connectivity index (χ3n) is 3.03. The minimum atomic E-state index is -0.833. The molecule has 0 unspecified atom stereocenters. The SMILES string of the molecule is COc1ccc2c(F)ccc(CCNC(C)=O)c2c1.NC(N)=O. The zero-order chi connectivity index (χ0) is 17.4. The second-order valence-electron chi connectivity index (χ2n) is 4.75. The molecule has 0 aliphatic rings. The van der Waals surface area contributed by atoms with Crippen LogP contribution in [0, 0.1) is 5.82 Å². The lowest BCUT2D eigenvalue weighted by Crippen LogP contribution is -2.22. The summed E-state index contributed by atoms with van der Waals surface area (Å²) >= 11 is 0. The molecule has 7 heteroatoms. The van der Waals surface area contributed by atoms with Crippen molar-refractivity contribution in [3.05, 3.63) is 41.7 Å². The van der Waals surface area contributed by atoms with E-state index in [0.29, 0.717) is 24.1 Å². The van der Waals surface area contributed by atoms with Crippen molar-refractivity contribution in [2.24, 2.45) is 11.5 Å². The van der Waals surface area contributed by atoms with E-state index in [1.807, 2.05) is 6.07 Å². The van der Waals surface area contributed by atoms with Crippen LogP contribution in [0.3, 0.4) is 0 Å². The third-order valence-corrected chi connectivity index (χ3v) is 3.03. The maximum Gasteiger partial charge on any atom is 0.309 e. The molecule has 0 aliphatic carbocycles. The number of hydrogen-bond acceptors (Lipinski definition) is 3. The molecule has 0 saturated heterocycles. The zero-order valence-corrected chi connectivity index (χ0v) is 13.1. The van der Waals surface area contributed by atoms with Gasteiger partial charge in [0.05, 0.1) is 7.11 Å². The van der Waals surface area contributed by atoms with Crippen LogP contribution in [0.1, 0.15) is 12.5 Å². The van der Waals surface area contributed by atoms with Crippen LogP contribution in [0.25, 0.3) is 10.8 Å². The Morgan fingerprint density at radius 3 is 2.39 bits per heavy atom. The van der Waals surface area contributed by atoms with Gasteiger partial charge >= 0.3 is 6.03 Å². The van der Waals surface area contributed by atoms with Gasteiger partial charge in [-0.15, -0.1) is 0 Å². The first-order chi connectivity index (χ1) is 10.8. The zero-order valence-electron chi connectivity index (χ0n) is 13.1. The number of carbonyl (C=O) groups excluding carboxylic acids is 2. The molecule has 0 atom stereocenters. The van der Waals surface area contributed by atoms with Gasteiger partial charge in [0.15, 0.2) is 0 Å². The fourth-order valence-corrected chi connectivity index (χ4v) is 2.07. The molecule has 2 rings (SSSR count). The molecule has 0 fully saturated rings. The van der Waals surface area contributed by atoms with Gasteiger partial charge in [-0.25, -0.2) is 9.18 Å². The lowest BCUT2D eigenvalue weighted by atomic mass is 10.0. The topological polar surface area (TPSA) is 107 Å². The van der Waals surface area contributed by atoms with E-state index in [-0.39, 0.29) is 11.7 Å². The summed E-state index contributed by atoms with van der Waals surface area (Å²) in [5.41, 5.74) is 9.49. The minimum absolute atomic E-state index is 0.0657. The van der Waals surface area contributed by atoms with Gasteiger partial charge in [-0.05, 0) is 41.6 Å². The summed E-state index contributed by atoms with van der Waals surface area (Å²) < 4.78 is 18.9. The molecule has 0 heterocycles. The van der Waals surface area contributed by atoms with Crippen molar-refractivity contribution in [1.29, 1.82) is 0 Å². The summed E-state index contributed by atoms with van der Waals surface area (Å²) in [5, 5.41) is 4.13. The number of nitrogens with one attached hydrogen (secondary N) is 1. The average Bonchev–Trinajstić information content (AvgIpc) is 2.48. The highest BCUT2D eigenvalue weighted by atomic mass is 19.1. The monoisotopic (exact) mass is 321 g/mol. The van der Waals surface area contributed by atoms with Crippen molar-refractivity contribution in [2.45, 2.75) is 13.3 Å². The highest BCUT2D eigenvalue weighted by Gasteiger charge is 2.07. The van der Waals surface area contributed by atoms with Crippen molar-refractivity contribution in [1.82, 2.24) is 5.32 Å². The van der Waals surface area contributed by atoms with E-state index in [1.54, 1.807) is 25.3 Å². The maximum atomic E-state index is 13.7. The number of methoxy groups -OCH3 is 1. The van der Waals surface area contributed by atoms with E-state index in [1.165, 1.54) is 13.0 Å². The Labute approximate surface area is 133 Å². The molecule has 0 spiro atoms. The van der Waals surface area contributed by atoms with Crippen LogP contribution in [-0.4, -0.2) is 25.6 Å². The molecule has 2 aromatic carbocycles. The van der Waals surface area contributed by atoms with Gasteiger partial charge in [0.25, 0.3) is 0 Å². The highest BCUT2D eigenvalue weighted by Crippen LogP contribution is 2.26. The molecule has 0 aromatic heterocycles. The van der Waals surface area contributed by atoms with E-state index < -0.39 is 6.03 Å². The first kappa shape index (κ1) is 18.2. The predicted molar refractivity (Wildman–Crippen MR) is 86.6 cm³/mol. The number of nitrogens with two attached hydrogens (primary N) is 2. The largest absolute Gasteiger partial charge is 0.497 e. The van der Waals surface area contributed by atoms with Gasteiger partial charge < -0.3 is 21.5 Å². The average molecular weight is 321 g/mol. The first-order valence-electron chi connectivity index (χ1n) is 6.89. The van der Waals surface area contributed by atoms with Crippen molar-refractivity contribution in [2.75, 3.05) is 13.7 Å². The smallest absolute Gasteiger partial charge is 0.309 e. The number of fused-ring (bicyclic) bond motifs is 1. The lowest BCUT2D eigenvalue weighted by Gasteiger charge is -2.09. The Bertz CT molecular complexity index is 700. The van der Waals surface area contributed by atoms with Gasteiger partial charge in [-0.2, -0.15) is 0 Å². The number of carbonyl (C=O) groups is 2. The third kappa shape index (κ3) is 5.82. The Balaban J connectivity index is 0.000000593. The summed E-state index contributed by atoms with van der Waals surface area (Å²) in [4.78, 5) is 19.9. The standard InChI is InChI=1S/C15H16FNO2.CH4N2O/c1-10(18)17-8-7-11-3-6-15(16)13-5-4-12(19-2)9-14(11)13;2-1(3)4/h3-6,9H,7-8H2,1-2H3,(H,17,18);(H4,2,3,4). The number of primary amides is 2. The Morgan fingerprint density at radius 1 is 1.17 bits per heavy atom. The number of rotatable bonds is 4. The van der Waals surface area contributed by atoms with Crippen LogP contribution in [0.5, 0.6) is 5.75 Å². The van der Waals surface area contributed by atoms with Crippen molar-refractivity contribution in [3.8, 4) is 5.75 Å². The molecule has 2 aromatic rings. The van der Waals surface area contributed by atoms with Gasteiger partial charge in [0, 0.05) is 18.9 Å². The Hall–Kier alpha value is -2.83. The van der Waals surface area contributed by atoms with Crippen LogP contribution >= 0.6 is 0 Å². The number of halogens is 1. The Morgan fingerprint density at radius 2 is 1.83 bits per heavy atom. The molecule has 23 heavy (non-hydrogen) atoms. The van der Waals surface area contributed by atoms with Gasteiger partial charge in [-0.1, -0.05) is 6.07 Å². The molecule has 0 saturated carbocycles. The van der Waals surface area contributed by atoms with Crippen LogP contribution in [-0.2, 0) is 11.2 Å². The molecule has 0 bridgehead atoms. The summed E-state index contributed by atoms with van der Waals surface area (Å²) in [6.07, 6.45) is 0.656. The number of amides is 3. The highest BCUT2D eigenvalue weighted by molar-refractivity contribution is 5.87. The number of benzene rings is 2. The van der Waals surface area contributed by atoms with Gasteiger partial charge in [-0.3, -0.25) is 4.79 Å². The summed E-state index contributed by atoms with van der Waals surface area (Å²) in [5.74, 6) is 0.379. The second kappa shape index (κ2) is 8.57. The van der Waals surface area contributed by atoms with E-state index in [0.717, 1.165) is 10.9 Å². The van der Waals surface area contributed by atoms with Crippen LogP contribution in [0.4, 0.5) is 9.18 Å². The van der Waals surface area contributed by atoms with Crippen molar-refractivity contribution >= 4 is 22.7 Å². The van der Waals surface area contributed by atoms with Crippen molar-refractivity contribution in [3.63, 3.8) is 0 Å². The van der Waals surface area contributed by atoms with E-state index >= 15 is 0 Å². The van der Waals surface area contributed by atoms with Gasteiger partial charge in [0.1, 0.15) is 11.6 Å². The van der Waals surface area contributed by atoms with Gasteiger partial charge in [0.2, 0.25) is 5.91 Å². The van der Waals surface area contributed by atoms with Crippen molar-refractivity contribution < 1.29 is 18.7 Å². The molecular weight excluding hydrogens is 301 g/mol. The molecule has 0 radical (unpaired) electrons. The molecule has 3 amide bonds. The normalized spacial score (nSPS) is 9.70. The summed E-state index contributed by atoms with van der Waals surface area (Å²) in [7, 11) is 1.58. The summed E-state index contributed by atoms with van der Waals surface area (Å²) in [6.45, 7) is 2.01. The lowest BCUT2D eigenvalue weighted by molar-refractivity contribution is -0.118. The predicted octanol–water partition coefficient (Wildman–Crippen LogP) is 1.69. The number of ether oxygens (including phenoxy) is 1. The van der Waals surface area contributed by atoms with Crippen LogP contribution < -0.4 is 21.5 Å². The fourth-order valence-electron chi connectivity index (χ4n) is 2.07. The van der Waals surface area contributed by atoms with E-state index in [4.69, 9.17) is 9.53 Å². The van der Waals surface area contributed by atoms with Crippen LogP contribution in [0.2, 0.25) is 0 Å². The minimum Gasteiger partial charge on any atom is -0.497 e. The molecular formula is C16H20FN3O3. The Kier molecular flexibility index (Phi) is 6.79. The number of urea groups is 1.